The van der Waals surface area contributed by atoms with Gasteiger partial charge >= 0.3 is 0 Å². The van der Waals surface area contributed by atoms with Crippen molar-refractivity contribution >= 4 is 16.5 Å². The zero-order valence-corrected chi connectivity index (χ0v) is 12.9. The summed E-state index contributed by atoms with van der Waals surface area (Å²) in [7, 11) is 2.20. The van der Waals surface area contributed by atoms with Gasteiger partial charge in [0.05, 0.1) is 0 Å². The molecular formula is C18H26N2. The lowest BCUT2D eigenvalue weighted by atomic mass is 10.1. The first-order valence-corrected chi connectivity index (χ1v) is 7.60. The van der Waals surface area contributed by atoms with Crippen molar-refractivity contribution in [2.75, 3.05) is 25.5 Å². The van der Waals surface area contributed by atoms with E-state index in [1.165, 1.54) is 35.8 Å². The Balaban J connectivity index is 1.76. The van der Waals surface area contributed by atoms with Gasteiger partial charge in [-0.3, -0.25) is 0 Å². The van der Waals surface area contributed by atoms with Gasteiger partial charge in [0.1, 0.15) is 0 Å². The lowest BCUT2D eigenvalue weighted by Crippen LogP contribution is -2.27. The fourth-order valence-corrected chi connectivity index (χ4v) is 2.28. The maximum Gasteiger partial charge on any atom is 0.0346 e. The zero-order valence-electron chi connectivity index (χ0n) is 12.9. The lowest BCUT2D eigenvalue weighted by molar-refractivity contribution is 0.269. The Morgan fingerprint density at radius 2 is 1.75 bits per heavy atom. The van der Waals surface area contributed by atoms with E-state index in [9.17, 15) is 0 Å². The lowest BCUT2D eigenvalue weighted by Gasteiger charge is -2.20. The Labute approximate surface area is 122 Å². The summed E-state index contributed by atoms with van der Waals surface area (Å²) in [5, 5.41) is 6.13. The van der Waals surface area contributed by atoms with E-state index < -0.39 is 0 Å². The summed E-state index contributed by atoms with van der Waals surface area (Å²) >= 11 is 0. The average Bonchev–Trinajstić information content (AvgIpc) is 2.46. The van der Waals surface area contributed by atoms with Gasteiger partial charge in [0.15, 0.2) is 0 Å². The van der Waals surface area contributed by atoms with Crippen LogP contribution in [0.25, 0.3) is 10.8 Å². The third kappa shape index (κ3) is 4.24. The molecule has 0 aliphatic rings. The Morgan fingerprint density at radius 1 is 1.00 bits per heavy atom. The van der Waals surface area contributed by atoms with Crippen LogP contribution in [0.5, 0.6) is 0 Å². The molecule has 2 rings (SSSR count). The molecule has 0 unspecified atom stereocenters. The van der Waals surface area contributed by atoms with Crippen LogP contribution in [0.1, 0.15) is 26.7 Å². The second kappa shape index (κ2) is 7.30. The molecule has 0 amide bonds. The highest BCUT2D eigenvalue weighted by Gasteiger charge is 2.01. The highest BCUT2D eigenvalue weighted by Crippen LogP contribution is 2.18. The molecule has 2 heteroatoms. The molecule has 0 aliphatic carbocycles. The van der Waals surface area contributed by atoms with Crippen molar-refractivity contribution in [3.8, 4) is 0 Å². The minimum Gasteiger partial charge on any atom is -0.385 e. The Hall–Kier alpha value is -1.54. The second-order valence-electron chi connectivity index (χ2n) is 5.77. The van der Waals surface area contributed by atoms with E-state index in [1.807, 2.05) is 0 Å². The number of rotatable bonds is 7. The number of nitrogens with zero attached hydrogens (tertiary/aromatic N) is 1. The maximum absolute atomic E-state index is 3.52. The minimum atomic E-state index is 0.642. The molecule has 1 N–H and O–H groups in total. The molecule has 0 atom stereocenters. The van der Waals surface area contributed by atoms with Crippen molar-refractivity contribution in [2.45, 2.75) is 32.7 Å². The van der Waals surface area contributed by atoms with Crippen molar-refractivity contribution in [2.24, 2.45) is 0 Å². The van der Waals surface area contributed by atoms with Gasteiger partial charge in [0.2, 0.25) is 0 Å². The summed E-state index contributed by atoms with van der Waals surface area (Å²) in [6.07, 6.45) is 2.46. The van der Waals surface area contributed by atoms with Crippen LogP contribution in [0.15, 0.2) is 42.5 Å². The molecule has 2 nitrogen and oxygen atoms in total. The van der Waals surface area contributed by atoms with E-state index in [2.05, 4.69) is 73.6 Å². The maximum atomic E-state index is 3.52. The summed E-state index contributed by atoms with van der Waals surface area (Å²) in [6.45, 7) is 6.71. The molecule has 20 heavy (non-hydrogen) atoms. The van der Waals surface area contributed by atoms with Crippen LogP contribution in [-0.4, -0.2) is 31.1 Å². The molecule has 2 aromatic carbocycles. The van der Waals surface area contributed by atoms with Crippen LogP contribution in [0, 0.1) is 0 Å². The van der Waals surface area contributed by atoms with Gasteiger partial charge in [-0.1, -0.05) is 30.3 Å². The smallest absolute Gasteiger partial charge is 0.0346 e. The second-order valence-corrected chi connectivity index (χ2v) is 5.77. The molecule has 108 valence electrons. The summed E-state index contributed by atoms with van der Waals surface area (Å²) in [5.41, 5.74) is 1.22. The minimum absolute atomic E-state index is 0.642. The number of hydrogen-bond donors (Lipinski definition) is 1. The normalized spacial score (nSPS) is 11.4. The molecule has 2 aromatic rings. The van der Waals surface area contributed by atoms with E-state index >= 15 is 0 Å². The van der Waals surface area contributed by atoms with Gasteiger partial charge in [0.25, 0.3) is 0 Å². The Morgan fingerprint density at radius 3 is 2.50 bits per heavy atom. The van der Waals surface area contributed by atoms with Crippen molar-refractivity contribution in [1.82, 2.24) is 4.90 Å². The van der Waals surface area contributed by atoms with Gasteiger partial charge in [-0.25, -0.2) is 0 Å². The van der Waals surface area contributed by atoms with Gasteiger partial charge < -0.3 is 10.2 Å². The van der Waals surface area contributed by atoms with Crippen molar-refractivity contribution in [3.63, 3.8) is 0 Å². The van der Waals surface area contributed by atoms with Gasteiger partial charge in [-0.15, -0.1) is 0 Å². The predicted octanol–water partition coefficient (Wildman–Crippen LogP) is 4.37. The van der Waals surface area contributed by atoms with E-state index in [0.29, 0.717) is 6.04 Å². The summed E-state index contributed by atoms with van der Waals surface area (Å²) in [6, 6.07) is 15.7. The number of benzene rings is 2. The van der Waals surface area contributed by atoms with Crippen LogP contribution in [0.4, 0.5) is 5.69 Å². The van der Waals surface area contributed by atoms with E-state index in [0.717, 1.165) is 6.54 Å². The summed E-state index contributed by atoms with van der Waals surface area (Å²) in [5.74, 6) is 0. The average molecular weight is 270 g/mol. The SMILES string of the molecule is CC(C)N(C)CCCCNc1ccc2ccccc2c1. The van der Waals surface area contributed by atoms with Crippen LogP contribution in [-0.2, 0) is 0 Å². The topological polar surface area (TPSA) is 15.3 Å². The predicted molar refractivity (Wildman–Crippen MR) is 89.4 cm³/mol. The number of nitrogens with one attached hydrogen (secondary N) is 1. The standard InChI is InChI=1S/C18H26N2/c1-15(2)20(3)13-7-6-12-19-18-11-10-16-8-4-5-9-17(16)14-18/h4-5,8-11,14-15,19H,6-7,12-13H2,1-3H3. The van der Waals surface area contributed by atoms with Gasteiger partial charge in [-0.2, -0.15) is 0 Å². The Kier molecular flexibility index (Phi) is 5.42. The number of hydrogen-bond acceptors (Lipinski definition) is 2. The molecule has 0 spiro atoms. The van der Waals surface area contributed by atoms with Crippen LogP contribution in [0.2, 0.25) is 0 Å². The molecule has 0 bridgehead atoms. The number of fused-ring (bicyclic) bond motifs is 1. The van der Waals surface area contributed by atoms with E-state index in [1.54, 1.807) is 0 Å². The van der Waals surface area contributed by atoms with Gasteiger partial charge in [0, 0.05) is 18.3 Å². The molecular weight excluding hydrogens is 244 g/mol. The Bertz CT molecular complexity index is 534. The molecule has 0 heterocycles. The quantitative estimate of drug-likeness (QED) is 0.751. The van der Waals surface area contributed by atoms with Crippen LogP contribution in [0.3, 0.4) is 0 Å². The van der Waals surface area contributed by atoms with E-state index in [-0.39, 0.29) is 0 Å². The fourth-order valence-electron chi connectivity index (χ4n) is 2.28. The van der Waals surface area contributed by atoms with Crippen molar-refractivity contribution in [1.29, 1.82) is 0 Å². The molecule has 0 radical (unpaired) electrons. The fraction of sp³-hybridized carbons (Fsp3) is 0.444. The first-order valence-electron chi connectivity index (χ1n) is 7.60. The monoisotopic (exact) mass is 270 g/mol. The highest BCUT2D eigenvalue weighted by atomic mass is 15.1. The number of unbranched alkanes of at least 4 members (excludes halogenated alkanes) is 1. The van der Waals surface area contributed by atoms with Crippen LogP contribution < -0.4 is 5.32 Å². The van der Waals surface area contributed by atoms with Gasteiger partial charge in [-0.05, 0) is 63.2 Å². The molecule has 0 saturated carbocycles. The third-order valence-corrected chi connectivity index (χ3v) is 3.90. The molecule has 0 aromatic heterocycles. The van der Waals surface area contributed by atoms with Crippen molar-refractivity contribution < 1.29 is 0 Å². The summed E-state index contributed by atoms with van der Waals surface area (Å²) < 4.78 is 0. The third-order valence-electron chi connectivity index (χ3n) is 3.90. The first kappa shape index (κ1) is 14.9. The van der Waals surface area contributed by atoms with E-state index in [4.69, 9.17) is 0 Å². The van der Waals surface area contributed by atoms with Crippen molar-refractivity contribution in [3.05, 3.63) is 42.5 Å². The largest absolute Gasteiger partial charge is 0.385 e. The molecule has 0 aliphatic heterocycles. The van der Waals surface area contributed by atoms with Crippen LogP contribution >= 0.6 is 0 Å². The number of anilines is 1. The molecule has 0 fully saturated rings. The summed E-state index contributed by atoms with van der Waals surface area (Å²) in [4.78, 5) is 2.40. The first-order chi connectivity index (χ1) is 9.66. The zero-order chi connectivity index (χ0) is 14.4. The molecule has 0 saturated heterocycles. The highest BCUT2D eigenvalue weighted by molar-refractivity contribution is 5.85.